The molecule has 0 aliphatic carbocycles. The van der Waals surface area contributed by atoms with E-state index in [9.17, 15) is 0 Å². The van der Waals surface area contributed by atoms with Crippen LogP contribution in [0.25, 0.3) is 10.9 Å². The predicted molar refractivity (Wildman–Crippen MR) is 102 cm³/mol. The molecular weight excluding hydrogens is 306 g/mol. The number of halogens is 1. The first-order chi connectivity index (χ1) is 10.6. The van der Waals surface area contributed by atoms with E-state index in [1.54, 1.807) is 0 Å². The van der Waals surface area contributed by atoms with Crippen LogP contribution >= 0.6 is 12.4 Å². The molecule has 0 saturated carbocycles. The van der Waals surface area contributed by atoms with Crippen molar-refractivity contribution in [2.45, 2.75) is 53.5 Å². The fraction of sp³-hybridized carbons (Fsp3) is 0.526. The zero-order chi connectivity index (χ0) is 15.7. The highest BCUT2D eigenvalue weighted by Gasteiger charge is 2.20. The van der Waals surface area contributed by atoms with Crippen LogP contribution in [0, 0.1) is 13.8 Å². The average molecular weight is 334 g/mol. The van der Waals surface area contributed by atoms with Crippen molar-refractivity contribution in [2.24, 2.45) is 0 Å². The summed E-state index contributed by atoms with van der Waals surface area (Å²) in [6.45, 7) is 12.0. The van der Waals surface area contributed by atoms with Crippen molar-refractivity contribution in [2.75, 3.05) is 18.0 Å². The SMILES string of the molecule is CC(C)=CCn1c(C)c(C)c2ccnc(N3CCCCC3)c21.Cl. The zero-order valence-electron chi connectivity index (χ0n) is 14.7. The lowest BCUT2D eigenvalue weighted by Crippen LogP contribution is -2.30. The molecule has 3 rings (SSSR count). The molecule has 0 aromatic carbocycles. The van der Waals surface area contributed by atoms with E-state index in [2.05, 4.69) is 49.3 Å². The topological polar surface area (TPSA) is 21.1 Å². The molecule has 1 aliphatic rings. The third-order valence-electron chi connectivity index (χ3n) is 4.86. The molecule has 0 unspecified atom stereocenters. The number of nitrogens with zero attached hydrogens (tertiary/aromatic N) is 3. The van der Waals surface area contributed by atoms with Crippen LogP contribution < -0.4 is 4.90 Å². The van der Waals surface area contributed by atoms with Crippen molar-refractivity contribution < 1.29 is 0 Å². The summed E-state index contributed by atoms with van der Waals surface area (Å²) in [6.07, 6.45) is 8.20. The van der Waals surface area contributed by atoms with Gasteiger partial charge in [0.25, 0.3) is 0 Å². The normalized spacial score (nSPS) is 14.7. The molecule has 0 N–H and O–H groups in total. The Kier molecular flexibility index (Phi) is 5.74. The number of allylic oxidation sites excluding steroid dienone is 2. The minimum absolute atomic E-state index is 0. The van der Waals surface area contributed by atoms with Crippen LogP contribution in [-0.2, 0) is 6.54 Å². The lowest BCUT2D eigenvalue weighted by Gasteiger charge is -2.28. The van der Waals surface area contributed by atoms with Crippen LogP contribution in [0.5, 0.6) is 0 Å². The van der Waals surface area contributed by atoms with Crippen LogP contribution in [0.3, 0.4) is 0 Å². The number of fused-ring (bicyclic) bond motifs is 1. The number of hydrogen-bond acceptors (Lipinski definition) is 2. The van der Waals surface area contributed by atoms with Gasteiger partial charge < -0.3 is 9.47 Å². The van der Waals surface area contributed by atoms with Gasteiger partial charge in [-0.05, 0) is 58.6 Å². The monoisotopic (exact) mass is 333 g/mol. The molecule has 2 aromatic rings. The number of pyridine rings is 1. The lowest BCUT2D eigenvalue weighted by atomic mass is 10.1. The highest BCUT2D eigenvalue weighted by molar-refractivity contribution is 5.93. The Bertz CT molecular complexity index is 705. The maximum absolute atomic E-state index is 4.76. The van der Waals surface area contributed by atoms with E-state index < -0.39 is 0 Å². The summed E-state index contributed by atoms with van der Waals surface area (Å²) >= 11 is 0. The summed E-state index contributed by atoms with van der Waals surface area (Å²) in [5.41, 5.74) is 5.43. The number of piperidine rings is 1. The molecule has 3 nitrogen and oxygen atoms in total. The van der Waals surface area contributed by atoms with E-state index in [1.165, 1.54) is 52.8 Å². The van der Waals surface area contributed by atoms with Crippen LogP contribution in [0.4, 0.5) is 5.82 Å². The molecule has 2 aromatic heterocycles. The van der Waals surface area contributed by atoms with Crippen molar-refractivity contribution in [1.82, 2.24) is 9.55 Å². The van der Waals surface area contributed by atoms with Crippen LogP contribution in [0.2, 0.25) is 0 Å². The first kappa shape index (κ1) is 17.9. The average Bonchev–Trinajstić information content (AvgIpc) is 2.78. The molecule has 4 heteroatoms. The first-order valence-electron chi connectivity index (χ1n) is 8.42. The molecule has 0 bridgehead atoms. The van der Waals surface area contributed by atoms with Gasteiger partial charge in [0.05, 0.1) is 5.52 Å². The van der Waals surface area contributed by atoms with Gasteiger partial charge in [-0.2, -0.15) is 0 Å². The summed E-state index contributed by atoms with van der Waals surface area (Å²) < 4.78 is 2.44. The van der Waals surface area contributed by atoms with Gasteiger partial charge in [-0.25, -0.2) is 4.98 Å². The summed E-state index contributed by atoms with van der Waals surface area (Å²) in [5.74, 6) is 1.18. The van der Waals surface area contributed by atoms with E-state index in [-0.39, 0.29) is 12.4 Å². The molecule has 0 atom stereocenters. The minimum atomic E-state index is 0. The second-order valence-electron chi connectivity index (χ2n) is 6.68. The van der Waals surface area contributed by atoms with Gasteiger partial charge in [0.15, 0.2) is 5.82 Å². The third-order valence-corrected chi connectivity index (χ3v) is 4.86. The predicted octanol–water partition coefficient (Wildman–Crippen LogP) is 5.03. The highest BCUT2D eigenvalue weighted by Crippen LogP contribution is 2.32. The van der Waals surface area contributed by atoms with Gasteiger partial charge in [0.1, 0.15) is 0 Å². The van der Waals surface area contributed by atoms with Gasteiger partial charge in [0, 0.05) is 36.9 Å². The molecule has 0 radical (unpaired) electrons. The van der Waals surface area contributed by atoms with Gasteiger partial charge in [-0.15, -0.1) is 12.4 Å². The maximum atomic E-state index is 4.76. The van der Waals surface area contributed by atoms with E-state index in [4.69, 9.17) is 4.98 Å². The number of aromatic nitrogens is 2. The summed E-state index contributed by atoms with van der Waals surface area (Å²) in [5, 5.41) is 1.36. The van der Waals surface area contributed by atoms with Gasteiger partial charge in [-0.3, -0.25) is 0 Å². The van der Waals surface area contributed by atoms with Gasteiger partial charge >= 0.3 is 0 Å². The molecule has 0 spiro atoms. The van der Waals surface area contributed by atoms with E-state index in [0.29, 0.717) is 0 Å². The summed E-state index contributed by atoms with van der Waals surface area (Å²) in [6, 6.07) is 2.17. The number of anilines is 1. The Morgan fingerprint density at radius 2 is 1.87 bits per heavy atom. The van der Waals surface area contributed by atoms with E-state index in [1.807, 2.05) is 6.20 Å². The molecule has 3 heterocycles. The van der Waals surface area contributed by atoms with Crippen molar-refractivity contribution >= 4 is 29.1 Å². The fourth-order valence-corrected chi connectivity index (χ4v) is 3.42. The summed E-state index contributed by atoms with van der Waals surface area (Å²) in [4.78, 5) is 7.23. The molecule has 1 aliphatic heterocycles. The van der Waals surface area contributed by atoms with Crippen molar-refractivity contribution in [3.63, 3.8) is 0 Å². The van der Waals surface area contributed by atoms with Gasteiger partial charge in [-0.1, -0.05) is 11.6 Å². The molecule has 126 valence electrons. The fourth-order valence-electron chi connectivity index (χ4n) is 3.42. The molecule has 0 amide bonds. The Morgan fingerprint density at radius 1 is 1.17 bits per heavy atom. The Morgan fingerprint density at radius 3 is 2.52 bits per heavy atom. The molecule has 23 heavy (non-hydrogen) atoms. The Balaban J connectivity index is 0.00000192. The smallest absolute Gasteiger partial charge is 0.153 e. The van der Waals surface area contributed by atoms with E-state index >= 15 is 0 Å². The second-order valence-corrected chi connectivity index (χ2v) is 6.68. The maximum Gasteiger partial charge on any atom is 0.153 e. The first-order valence-corrected chi connectivity index (χ1v) is 8.42. The minimum Gasteiger partial charge on any atom is -0.355 e. The van der Waals surface area contributed by atoms with E-state index in [0.717, 1.165) is 19.6 Å². The summed E-state index contributed by atoms with van der Waals surface area (Å²) in [7, 11) is 0. The van der Waals surface area contributed by atoms with Crippen molar-refractivity contribution in [1.29, 1.82) is 0 Å². The van der Waals surface area contributed by atoms with Crippen LogP contribution in [0.1, 0.15) is 44.4 Å². The highest BCUT2D eigenvalue weighted by atomic mass is 35.5. The zero-order valence-corrected chi connectivity index (χ0v) is 15.5. The van der Waals surface area contributed by atoms with Crippen molar-refractivity contribution in [3.8, 4) is 0 Å². The molecule has 1 fully saturated rings. The lowest BCUT2D eigenvalue weighted by molar-refractivity contribution is 0.574. The van der Waals surface area contributed by atoms with Crippen LogP contribution in [0.15, 0.2) is 23.9 Å². The standard InChI is InChI=1S/C19H27N3.ClH/c1-14(2)9-13-22-16(4)15(3)17-8-10-20-19(18(17)22)21-11-6-5-7-12-21;/h8-10H,5-7,11-13H2,1-4H3;1H. The largest absolute Gasteiger partial charge is 0.355 e. The third kappa shape index (κ3) is 3.40. The van der Waals surface area contributed by atoms with Gasteiger partial charge in [0.2, 0.25) is 0 Å². The molecule has 1 saturated heterocycles. The quantitative estimate of drug-likeness (QED) is 0.734. The number of hydrogen-bond donors (Lipinski definition) is 0. The van der Waals surface area contributed by atoms with Crippen molar-refractivity contribution in [3.05, 3.63) is 35.2 Å². The second kappa shape index (κ2) is 7.39. The number of aryl methyl sites for hydroxylation is 1. The Labute approximate surface area is 145 Å². The Hall–Kier alpha value is -1.48. The van der Waals surface area contributed by atoms with Crippen LogP contribution in [-0.4, -0.2) is 22.6 Å². The molecular formula is C19H28ClN3. The number of rotatable bonds is 3.